The average molecular weight is 491 g/mol. The number of halogens is 1. The molecule has 1 unspecified atom stereocenters. The van der Waals surface area contributed by atoms with Gasteiger partial charge < -0.3 is 14.2 Å². The molecule has 31 heavy (non-hydrogen) atoms. The van der Waals surface area contributed by atoms with Crippen LogP contribution in [0.3, 0.4) is 0 Å². The molecule has 1 heterocycles. The molecule has 0 radical (unpaired) electrons. The van der Waals surface area contributed by atoms with Crippen LogP contribution in [0.4, 0.5) is 0 Å². The van der Waals surface area contributed by atoms with Gasteiger partial charge in [-0.15, -0.1) is 0 Å². The maximum Gasteiger partial charge on any atom is 0.276 e. The predicted molar refractivity (Wildman–Crippen MR) is 120 cm³/mol. The molecule has 2 aromatic carbocycles. The standard InChI is InChI=1S/C23H27BrN2O5/c1-15(2)17-7-10-21(20(24)12-17)31-14-22(27)25-26-23(28)16-5-8-18(9-6-16)30-13-19-4-3-11-29-19/h5-10,12,15,19H,3-4,11,13-14H2,1-2H3,(H,25,27)(H,26,28). The molecule has 2 N–H and O–H groups in total. The summed E-state index contributed by atoms with van der Waals surface area (Å²) in [6.07, 6.45) is 2.20. The third-order valence-corrected chi connectivity index (χ3v) is 5.49. The van der Waals surface area contributed by atoms with Crippen LogP contribution in [0.1, 0.15) is 48.5 Å². The number of carbonyl (C=O) groups excluding carboxylic acids is 2. The number of rotatable bonds is 8. The zero-order valence-electron chi connectivity index (χ0n) is 17.7. The summed E-state index contributed by atoms with van der Waals surface area (Å²) in [7, 11) is 0. The molecular formula is C23H27BrN2O5. The molecule has 166 valence electrons. The zero-order valence-corrected chi connectivity index (χ0v) is 19.2. The number of hydrazine groups is 1. The Morgan fingerprint density at radius 3 is 2.55 bits per heavy atom. The van der Waals surface area contributed by atoms with Crippen molar-refractivity contribution in [3.8, 4) is 11.5 Å². The van der Waals surface area contributed by atoms with Crippen LogP contribution in [0.2, 0.25) is 0 Å². The second kappa shape index (κ2) is 11.2. The Morgan fingerprint density at radius 1 is 1.13 bits per heavy atom. The van der Waals surface area contributed by atoms with E-state index in [4.69, 9.17) is 14.2 Å². The van der Waals surface area contributed by atoms with E-state index in [2.05, 4.69) is 40.6 Å². The highest BCUT2D eigenvalue weighted by Gasteiger charge is 2.16. The fraction of sp³-hybridized carbons (Fsp3) is 0.391. The number of hydrogen-bond donors (Lipinski definition) is 2. The van der Waals surface area contributed by atoms with Gasteiger partial charge in [-0.2, -0.15) is 0 Å². The first-order valence-corrected chi connectivity index (χ1v) is 11.1. The topological polar surface area (TPSA) is 85.9 Å². The van der Waals surface area contributed by atoms with Crippen LogP contribution in [0, 0.1) is 0 Å². The molecule has 3 rings (SSSR count). The van der Waals surface area contributed by atoms with E-state index in [0.717, 1.165) is 23.9 Å². The molecular weight excluding hydrogens is 464 g/mol. The molecule has 1 fully saturated rings. The first-order chi connectivity index (χ1) is 14.9. The highest BCUT2D eigenvalue weighted by Crippen LogP contribution is 2.28. The van der Waals surface area contributed by atoms with Crippen molar-refractivity contribution in [3.63, 3.8) is 0 Å². The minimum Gasteiger partial charge on any atom is -0.491 e. The van der Waals surface area contributed by atoms with E-state index in [0.29, 0.717) is 29.6 Å². The minimum atomic E-state index is -0.468. The van der Waals surface area contributed by atoms with Gasteiger partial charge in [0, 0.05) is 12.2 Å². The van der Waals surface area contributed by atoms with Gasteiger partial charge in [-0.3, -0.25) is 20.4 Å². The summed E-state index contributed by atoms with van der Waals surface area (Å²) >= 11 is 3.45. The van der Waals surface area contributed by atoms with Crippen LogP contribution in [-0.2, 0) is 9.53 Å². The van der Waals surface area contributed by atoms with Gasteiger partial charge >= 0.3 is 0 Å². The van der Waals surface area contributed by atoms with Crippen LogP contribution in [0.15, 0.2) is 46.9 Å². The van der Waals surface area contributed by atoms with E-state index in [9.17, 15) is 9.59 Å². The van der Waals surface area contributed by atoms with Crippen molar-refractivity contribution in [3.05, 3.63) is 58.1 Å². The van der Waals surface area contributed by atoms with Crippen molar-refractivity contribution in [2.75, 3.05) is 19.8 Å². The summed E-state index contributed by atoms with van der Waals surface area (Å²) in [5.41, 5.74) is 6.30. The molecule has 0 saturated carbocycles. The SMILES string of the molecule is CC(C)c1ccc(OCC(=O)NNC(=O)c2ccc(OCC3CCCO3)cc2)c(Br)c1. The van der Waals surface area contributed by atoms with E-state index in [1.165, 1.54) is 5.56 Å². The van der Waals surface area contributed by atoms with Gasteiger partial charge in [-0.1, -0.05) is 19.9 Å². The third-order valence-electron chi connectivity index (χ3n) is 4.87. The third kappa shape index (κ3) is 6.97. The summed E-state index contributed by atoms with van der Waals surface area (Å²) in [6, 6.07) is 12.4. The maximum absolute atomic E-state index is 12.2. The number of benzene rings is 2. The summed E-state index contributed by atoms with van der Waals surface area (Å²) in [4.78, 5) is 24.2. The summed E-state index contributed by atoms with van der Waals surface area (Å²) in [5, 5.41) is 0. The second-order valence-electron chi connectivity index (χ2n) is 7.61. The van der Waals surface area contributed by atoms with E-state index < -0.39 is 11.8 Å². The van der Waals surface area contributed by atoms with Crippen LogP contribution >= 0.6 is 15.9 Å². The highest BCUT2D eigenvalue weighted by molar-refractivity contribution is 9.10. The minimum absolute atomic E-state index is 0.133. The van der Waals surface area contributed by atoms with E-state index in [1.54, 1.807) is 24.3 Å². The van der Waals surface area contributed by atoms with Crippen LogP contribution < -0.4 is 20.3 Å². The Kier molecular flexibility index (Phi) is 8.31. The molecule has 0 aromatic heterocycles. The van der Waals surface area contributed by atoms with Gasteiger partial charge in [0.05, 0.1) is 10.6 Å². The molecule has 0 spiro atoms. The Balaban J connectivity index is 1.41. The Bertz CT molecular complexity index is 895. The number of nitrogens with one attached hydrogen (secondary N) is 2. The zero-order chi connectivity index (χ0) is 22.2. The molecule has 2 amide bonds. The molecule has 1 atom stereocenters. The predicted octanol–water partition coefficient (Wildman–Crippen LogP) is 3.97. The van der Waals surface area contributed by atoms with Crippen molar-refractivity contribution in [1.82, 2.24) is 10.9 Å². The maximum atomic E-state index is 12.2. The average Bonchev–Trinajstić information content (AvgIpc) is 3.29. The summed E-state index contributed by atoms with van der Waals surface area (Å²) in [6.45, 7) is 5.26. The lowest BCUT2D eigenvalue weighted by atomic mass is 10.0. The van der Waals surface area contributed by atoms with Gasteiger partial charge in [0.25, 0.3) is 11.8 Å². The van der Waals surface area contributed by atoms with Crippen LogP contribution in [0.5, 0.6) is 11.5 Å². The quantitative estimate of drug-likeness (QED) is 0.546. The molecule has 0 bridgehead atoms. The largest absolute Gasteiger partial charge is 0.491 e. The Hall–Kier alpha value is -2.58. The van der Waals surface area contributed by atoms with Crippen LogP contribution in [0.25, 0.3) is 0 Å². The van der Waals surface area contributed by atoms with E-state index in [1.807, 2.05) is 18.2 Å². The molecule has 2 aromatic rings. The lowest BCUT2D eigenvalue weighted by molar-refractivity contribution is -0.123. The Labute approximate surface area is 190 Å². The first-order valence-electron chi connectivity index (χ1n) is 10.3. The molecule has 7 nitrogen and oxygen atoms in total. The summed E-state index contributed by atoms with van der Waals surface area (Å²) in [5.74, 6) is 0.722. The van der Waals surface area contributed by atoms with Crippen molar-refractivity contribution >= 4 is 27.7 Å². The smallest absolute Gasteiger partial charge is 0.276 e. The second-order valence-corrected chi connectivity index (χ2v) is 8.46. The fourth-order valence-electron chi connectivity index (χ4n) is 3.04. The Morgan fingerprint density at radius 2 is 1.90 bits per heavy atom. The number of carbonyl (C=O) groups is 2. The van der Waals surface area contributed by atoms with Crippen molar-refractivity contribution in [1.29, 1.82) is 0 Å². The molecule has 1 saturated heterocycles. The number of ether oxygens (including phenoxy) is 3. The van der Waals surface area contributed by atoms with E-state index in [-0.39, 0.29) is 12.7 Å². The normalized spacial score (nSPS) is 15.5. The van der Waals surface area contributed by atoms with Crippen molar-refractivity contribution in [2.24, 2.45) is 0 Å². The highest BCUT2D eigenvalue weighted by atomic mass is 79.9. The van der Waals surface area contributed by atoms with E-state index >= 15 is 0 Å². The number of hydrogen-bond acceptors (Lipinski definition) is 5. The molecule has 1 aliphatic rings. The monoisotopic (exact) mass is 490 g/mol. The lowest BCUT2D eigenvalue weighted by Crippen LogP contribution is -2.43. The lowest BCUT2D eigenvalue weighted by Gasteiger charge is -2.13. The van der Waals surface area contributed by atoms with Gasteiger partial charge in [-0.05, 0) is 76.7 Å². The van der Waals surface area contributed by atoms with Crippen molar-refractivity contribution < 1.29 is 23.8 Å². The summed E-state index contributed by atoms with van der Waals surface area (Å²) < 4.78 is 17.5. The van der Waals surface area contributed by atoms with Crippen molar-refractivity contribution in [2.45, 2.75) is 38.7 Å². The first kappa shape index (κ1) is 23.1. The van der Waals surface area contributed by atoms with Gasteiger partial charge in [0.15, 0.2) is 6.61 Å². The van der Waals surface area contributed by atoms with Crippen LogP contribution in [-0.4, -0.2) is 37.7 Å². The molecule has 8 heteroatoms. The van der Waals surface area contributed by atoms with Gasteiger partial charge in [0.1, 0.15) is 18.1 Å². The van der Waals surface area contributed by atoms with Gasteiger partial charge in [0.2, 0.25) is 0 Å². The van der Waals surface area contributed by atoms with Gasteiger partial charge in [-0.25, -0.2) is 0 Å². The molecule has 0 aliphatic carbocycles. The number of amides is 2. The molecule has 1 aliphatic heterocycles. The fourth-order valence-corrected chi connectivity index (χ4v) is 3.55.